The third-order valence-electron chi connectivity index (χ3n) is 0.936. The Hall–Kier alpha value is -0.480. The summed E-state index contributed by atoms with van der Waals surface area (Å²) in [7, 11) is 0. The van der Waals surface area contributed by atoms with Gasteiger partial charge in [-0.1, -0.05) is 11.6 Å². The summed E-state index contributed by atoms with van der Waals surface area (Å²) in [6.07, 6.45) is 1.56. The quantitative estimate of drug-likeness (QED) is 0.228. The predicted octanol–water partition coefficient (Wildman–Crippen LogP) is -0.436. The van der Waals surface area contributed by atoms with E-state index >= 15 is 0 Å². The molecule has 0 radical (unpaired) electrons. The first-order valence-electron chi connectivity index (χ1n) is 3.09. The van der Waals surface area contributed by atoms with E-state index < -0.39 is 0 Å². The van der Waals surface area contributed by atoms with Crippen LogP contribution in [0.15, 0.2) is 4.99 Å². The van der Waals surface area contributed by atoms with E-state index in [4.69, 9.17) is 28.8 Å². The lowest BCUT2D eigenvalue weighted by Gasteiger charge is -2.01. The van der Waals surface area contributed by atoms with Crippen molar-refractivity contribution in [2.45, 2.75) is 18.3 Å². The van der Waals surface area contributed by atoms with Gasteiger partial charge in [-0.05, 0) is 19.4 Å². The summed E-state index contributed by atoms with van der Waals surface area (Å²) in [6.45, 7) is 0.614. The van der Waals surface area contributed by atoms with E-state index in [1.165, 1.54) is 0 Å². The first-order valence-corrected chi connectivity index (χ1v) is 3.53. The molecule has 0 fully saturated rings. The Kier molecular flexibility index (Phi) is 5.06. The molecule has 0 aliphatic heterocycles. The van der Waals surface area contributed by atoms with Gasteiger partial charge < -0.3 is 17.2 Å². The van der Waals surface area contributed by atoms with Gasteiger partial charge in [0, 0.05) is 0 Å². The maximum atomic E-state index is 5.65. The molecule has 0 rings (SSSR count). The predicted molar refractivity (Wildman–Crippen MR) is 43.7 cm³/mol. The molecule has 1 atom stereocenters. The maximum absolute atomic E-state index is 5.65. The van der Waals surface area contributed by atoms with Crippen LogP contribution >= 0.6 is 11.6 Å². The fourth-order valence-corrected chi connectivity index (χ4v) is 0.780. The Balaban J connectivity index is 3.43. The molecule has 0 saturated carbocycles. The summed E-state index contributed by atoms with van der Waals surface area (Å²) < 4.78 is 0. The van der Waals surface area contributed by atoms with Crippen LogP contribution in [0.1, 0.15) is 12.8 Å². The second kappa shape index (κ2) is 5.32. The summed E-state index contributed by atoms with van der Waals surface area (Å²) in [5.41, 5.74) is 15.1. The van der Waals surface area contributed by atoms with Crippen molar-refractivity contribution in [1.82, 2.24) is 0 Å². The number of nitrogens with two attached hydrogens (primary N) is 3. The zero-order chi connectivity index (χ0) is 7.98. The minimum absolute atomic E-state index is 0.0250. The number of hydrogen-bond acceptors (Lipinski definition) is 2. The molecule has 0 saturated heterocycles. The Morgan fingerprint density at radius 3 is 2.50 bits per heavy atom. The maximum Gasteiger partial charge on any atom is 0.187 e. The van der Waals surface area contributed by atoms with Crippen LogP contribution in [0.3, 0.4) is 0 Å². The topological polar surface area (TPSA) is 90.4 Å². The summed E-state index contributed by atoms with van der Waals surface area (Å²) in [6, 6.07) is 0. The molecule has 0 aromatic heterocycles. The van der Waals surface area contributed by atoms with Crippen LogP contribution in [0.5, 0.6) is 0 Å². The molecule has 0 aromatic rings. The lowest BCUT2D eigenvalue weighted by molar-refractivity contribution is 0.716. The molecule has 0 spiro atoms. The largest absolute Gasteiger partial charge is 0.370 e. The van der Waals surface area contributed by atoms with E-state index in [1.807, 2.05) is 0 Å². The Morgan fingerprint density at radius 1 is 1.50 bits per heavy atom. The summed E-state index contributed by atoms with van der Waals surface area (Å²) in [5.74, 6) is 0.0250. The molecule has 60 valence electrons. The van der Waals surface area contributed by atoms with Crippen molar-refractivity contribution in [3.63, 3.8) is 0 Å². The fourth-order valence-electron chi connectivity index (χ4n) is 0.513. The molecule has 0 bridgehead atoms. The number of nitrogens with zero attached hydrogens (tertiary/aromatic N) is 1. The van der Waals surface area contributed by atoms with E-state index in [0.29, 0.717) is 6.54 Å². The third-order valence-corrected chi connectivity index (χ3v) is 1.25. The molecular weight excluding hydrogens is 152 g/mol. The molecule has 4 nitrogen and oxygen atoms in total. The van der Waals surface area contributed by atoms with E-state index in [2.05, 4.69) is 4.99 Å². The van der Waals surface area contributed by atoms with Gasteiger partial charge in [0.05, 0.1) is 0 Å². The molecule has 0 aliphatic carbocycles. The summed E-state index contributed by atoms with van der Waals surface area (Å²) in [5, 5.41) is 0. The molecule has 0 amide bonds. The number of guanidine groups is 1. The van der Waals surface area contributed by atoms with E-state index in [-0.39, 0.29) is 11.5 Å². The number of halogens is 1. The third kappa shape index (κ3) is 5.65. The van der Waals surface area contributed by atoms with Crippen molar-refractivity contribution < 1.29 is 0 Å². The van der Waals surface area contributed by atoms with Crippen molar-refractivity contribution in [1.29, 1.82) is 0 Å². The van der Waals surface area contributed by atoms with Crippen molar-refractivity contribution in [2.24, 2.45) is 22.2 Å². The van der Waals surface area contributed by atoms with Crippen molar-refractivity contribution in [3.8, 4) is 0 Å². The minimum Gasteiger partial charge on any atom is -0.370 e. The molecule has 5 heteroatoms. The van der Waals surface area contributed by atoms with Crippen LogP contribution < -0.4 is 17.2 Å². The van der Waals surface area contributed by atoms with Gasteiger partial charge in [0.2, 0.25) is 0 Å². The smallest absolute Gasteiger partial charge is 0.187 e. The summed E-state index contributed by atoms with van der Waals surface area (Å²) in [4.78, 5) is 3.70. The normalized spacial score (nSPS) is 12.6. The van der Waals surface area contributed by atoms with Gasteiger partial charge >= 0.3 is 0 Å². The molecule has 0 heterocycles. The van der Waals surface area contributed by atoms with Crippen LogP contribution in [-0.2, 0) is 0 Å². The monoisotopic (exact) mass is 164 g/mol. The summed E-state index contributed by atoms with van der Waals surface area (Å²) >= 11 is 5.65. The molecule has 6 N–H and O–H groups in total. The highest BCUT2D eigenvalue weighted by Gasteiger charge is 1.99. The van der Waals surface area contributed by atoms with Gasteiger partial charge in [-0.3, -0.25) is 0 Å². The zero-order valence-corrected chi connectivity index (χ0v) is 6.51. The van der Waals surface area contributed by atoms with Gasteiger partial charge in [0.1, 0.15) is 5.50 Å². The van der Waals surface area contributed by atoms with Gasteiger partial charge in [0.25, 0.3) is 0 Å². The Labute approximate surface area is 65.4 Å². The van der Waals surface area contributed by atoms with Crippen molar-refractivity contribution in [3.05, 3.63) is 0 Å². The number of rotatable bonds is 4. The average Bonchev–Trinajstić information content (AvgIpc) is 1.82. The van der Waals surface area contributed by atoms with Crippen LogP contribution in [0.25, 0.3) is 0 Å². The number of alkyl halides is 1. The fraction of sp³-hybridized carbons (Fsp3) is 0.800. The zero-order valence-electron chi connectivity index (χ0n) is 5.76. The highest BCUT2D eigenvalue weighted by Crippen LogP contribution is 2.04. The highest BCUT2D eigenvalue weighted by atomic mass is 35.5. The van der Waals surface area contributed by atoms with Crippen molar-refractivity contribution >= 4 is 17.6 Å². The van der Waals surface area contributed by atoms with E-state index in [9.17, 15) is 0 Å². The molecule has 10 heavy (non-hydrogen) atoms. The molecular formula is C5H13ClN4. The van der Waals surface area contributed by atoms with Crippen LogP contribution in [0.2, 0.25) is 0 Å². The first kappa shape index (κ1) is 9.52. The Bertz CT molecular complexity index is 110. The molecule has 1 unspecified atom stereocenters. The molecule has 0 aliphatic rings. The van der Waals surface area contributed by atoms with E-state index in [0.717, 1.165) is 12.8 Å². The SMILES string of the molecule is NCCCC(Cl)N=C(N)N. The van der Waals surface area contributed by atoms with Crippen LogP contribution in [0.4, 0.5) is 0 Å². The van der Waals surface area contributed by atoms with Gasteiger partial charge in [-0.15, -0.1) is 0 Å². The van der Waals surface area contributed by atoms with E-state index in [1.54, 1.807) is 0 Å². The number of hydrogen-bond donors (Lipinski definition) is 3. The lowest BCUT2D eigenvalue weighted by Crippen LogP contribution is -2.24. The minimum atomic E-state index is -0.325. The van der Waals surface area contributed by atoms with Crippen LogP contribution in [-0.4, -0.2) is 18.0 Å². The van der Waals surface area contributed by atoms with Gasteiger partial charge in [-0.2, -0.15) is 0 Å². The first-order chi connectivity index (χ1) is 4.66. The lowest BCUT2D eigenvalue weighted by atomic mass is 10.3. The van der Waals surface area contributed by atoms with Crippen molar-refractivity contribution in [2.75, 3.05) is 6.54 Å². The standard InChI is InChI=1S/C5H13ClN4/c6-4(2-1-3-7)10-5(8)9/h4H,1-3,7H2,(H4,8,9,10). The Morgan fingerprint density at radius 2 is 2.10 bits per heavy atom. The second-order valence-corrected chi connectivity index (χ2v) is 2.42. The van der Waals surface area contributed by atoms with Crippen LogP contribution in [0, 0.1) is 0 Å². The van der Waals surface area contributed by atoms with Gasteiger partial charge in [0.15, 0.2) is 5.96 Å². The second-order valence-electron chi connectivity index (χ2n) is 1.92. The number of aliphatic imine (C=N–C) groups is 1. The highest BCUT2D eigenvalue weighted by molar-refractivity contribution is 6.20. The average molecular weight is 165 g/mol. The molecule has 0 aromatic carbocycles. The van der Waals surface area contributed by atoms with Gasteiger partial charge in [-0.25, -0.2) is 4.99 Å².